The van der Waals surface area contributed by atoms with E-state index < -0.39 is 76.5 Å². The number of nitrogens with one attached hydrogen (secondary N) is 1. The third-order valence-electron chi connectivity index (χ3n) is 8.15. The second-order valence-electron chi connectivity index (χ2n) is 10.8. The summed E-state index contributed by atoms with van der Waals surface area (Å²) in [5.74, 6) is -2.61. The number of benzene rings is 2. The molecule has 0 saturated carbocycles. The summed E-state index contributed by atoms with van der Waals surface area (Å²) < 4.78 is 17.3. The first kappa shape index (κ1) is 29.4. The van der Waals surface area contributed by atoms with E-state index in [4.69, 9.17) is 25.7 Å². The van der Waals surface area contributed by atoms with Crippen LogP contribution in [-0.4, -0.2) is 81.0 Å². The summed E-state index contributed by atoms with van der Waals surface area (Å²) in [6.07, 6.45) is -4.54. The molecule has 42 heavy (non-hydrogen) atoms. The van der Waals surface area contributed by atoms with Crippen LogP contribution in [0.1, 0.15) is 75.8 Å². The van der Waals surface area contributed by atoms with Crippen molar-refractivity contribution < 1.29 is 49.0 Å². The molecule has 0 unspecified atom stereocenters. The second-order valence-corrected chi connectivity index (χ2v) is 10.8. The van der Waals surface area contributed by atoms with Gasteiger partial charge >= 0.3 is 6.03 Å². The average Bonchev–Trinajstić information content (AvgIpc) is 2.94. The average molecular weight is 585 g/mol. The molecule has 2 aliphatic carbocycles. The van der Waals surface area contributed by atoms with Gasteiger partial charge in [0.1, 0.15) is 22.8 Å². The van der Waals surface area contributed by atoms with Gasteiger partial charge in [0.25, 0.3) is 0 Å². The van der Waals surface area contributed by atoms with Crippen molar-refractivity contribution in [3.8, 4) is 17.2 Å². The molecule has 14 heteroatoms. The largest absolute Gasteiger partial charge is 0.507 e. The molecule has 1 aliphatic heterocycles. The number of aliphatic hydroxyl groups is 2. The first-order chi connectivity index (χ1) is 19.8. The van der Waals surface area contributed by atoms with Crippen molar-refractivity contribution in [3.05, 3.63) is 51.6 Å². The highest BCUT2D eigenvalue weighted by atomic mass is 16.7. The molecule has 5 rings (SSSR count). The van der Waals surface area contributed by atoms with Crippen LogP contribution in [0.2, 0.25) is 0 Å². The van der Waals surface area contributed by atoms with Crippen molar-refractivity contribution >= 4 is 23.3 Å². The van der Waals surface area contributed by atoms with Crippen molar-refractivity contribution in [1.82, 2.24) is 5.43 Å². The van der Waals surface area contributed by atoms with Crippen molar-refractivity contribution in [3.63, 3.8) is 0 Å². The van der Waals surface area contributed by atoms with Gasteiger partial charge in [-0.25, -0.2) is 10.2 Å². The number of aliphatic hydroxyl groups excluding tert-OH is 1. The number of methoxy groups -OCH3 is 1. The zero-order chi connectivity index (χ0) is 30.7. The number of nitrogens with zero attached hydrogens (tertiary/aromatic N) is 1. The maximum absolute atomic E-state index is 13.8. The molecule has 0 bridgehead atoms. The lowest BCUT2D eigenvalue weighted by atomic mass is 9.72. The number of fused-ring (bicyclic) bond motifs is 3. The van der Waals surface area contributed by atoms with Crippen LogP contribution >= 0.6 is 0 Å². The van der Waals surface area contributed by atoms with Crippen LogP contribution in [0.3, 0.4) is 0 Å². The highest BCUT2D eigenvalue weighted by Gasteiger charge is 2.49. The Bertz CT molecular complexity index is 1510. The fraction of sp³-hybridized carbons (Fsp3) is 0.429. The lowest BCUT2D eigenvalue weighted by Gasteiger charge is -2.42. The number of urea groups is 1. The summed E-state index contributed by atoms with van der Waals surface area (Å²) in [6.45, 7) is 3.02. The van der Waals surface area contributed by atoms with E-state index in [1.54, 1.807) is 6.92 Å². The second kappa shape index (κ2) is 10.6. The minimum absolute atomic E-state index is 0.0142. The molecular weight excluding hydrogens is 552 g/mol. The summed E-state index contributed by atoms with van der Waals surface area (Å²) in [5.41, 5.74) is 10.3. The Balaban J connectivity index is 1.68. The Labute approximate surface area is 239 Å². The quantitative estimate of drug-likeness (QED) is 0.124. The SMILES string of the molecule is COc1cccc2c1C(=O)c1c(O)c3c(c(O)c1C2=O)C[C@@](O)(C(C)=NNC(N)=O)C[C@@H]3O[C@H]1C[C@H](N)[C@H](O)[C@H](C)O1. The topological polar surface area (TPSA) is 236 Å². The molecule has 0 aromatic heterocycles. The molecule has 1 heterocycles. The van der Waals surface area contributed by atoms with Crippen LogP contribution < -0.4 is 21.6 Å². The molecule has 14 nitrogen and oxygen atoms in total. The number of phenols is 2. The van der Waals surface area contributed by atoms with Gasteiger partial charge in [-0.3, -0.25) is 9.59 Å². The normalized spacial score (nSPS) is 28.9. The number of hydrogen-bond acceptors (Lipinski definition) is 12. The maximum Gasteiger partial charge on any atom is 0.332 e. The van der Waals surface area contributed by atoms with Gasteiger partial charge in [-0.2, -0.15) is 5.10 Å². The number of carbonyl (C=O) groups is 3. The lowest BCUT2D eigenvalue weighted by Crippen LogP contribution is -2.52. The standard InChI is InChI=1S/C28H32N4O10/c1-10-22(33)14(29)7-17(41-10)42-16-9-28(39,11(2)31-32-27(30)38)8-13-19(16)26(37)21-20(24(13)35)23(34)12-5-4-6-15(40-3)18(12)25(21)36/h4-6,10,14,16-17,22,33,35,37,39H,7-9,29H2,1-3H3,(H3,30,32,38)/t10-,14-,16-,17-,22+,28-/m0/s1. The van der Waals surface area contributed by atoms with Crippen LogP contribution in [-0.2, 0) is 15.9 Å². The molecule has 2 aromatic carbocycles. The number of ether oxygens (including phenoxy) is 3. The van der Waals surface area contributed by atoms with Gasteiger partial charge in [0.2, 0.25) is 5.78 Å². The van der Waals surface area contributed by atoms with Gasteiger partial charge in [0.05, 0.1) is 47.8 Å². The number of amides is 2. The Hall–Kier alpha value is -4.08. The number of hydrogen-bond donors (Lipinski definition) is 7. The van der Waals surface area contributed by atoms with E-state index in [9.17, 15) is 34.8 Å². The van der Waals surface area contributed by atoms with Gasteiger partial charge in [0.15, 0.2) is 12.1 Å². The van der Waals surface area contributed by atoms with E-state index in [0.29, 0.717) is 0 Å². The van der Waals surface area contributed by atoms with E-state index in [-0.39, 0.29) is 53.0 Å². The monoisotopic (exact) mass is 584 g/mol. The van der Waals surface area contributed by atoms with E-state index in [1.807, 2.05) is 5.43 Å². The van der Waals surface area contributed by atoms with Crippen molar-refractivity contribution in [1.29, 1.82) is 0 Å². The molecule has 9 N–H and O–H groups in total. The van der Waals surface area contributed by atoms with Crippen LogP contribution in [0.25, 0.3) is 0 Å². The van der Waals surface area contributed by atoms with E-state index in [0.717, 1.165) is 0 Å². The third-order valence-corrected chi connectivity index (χ3v) is 8.15. The van der Waals surface area contributed by atoms with Crippen LogP contribution in [0.4, 0.5) is 4.79 Å². The molecule has 3 aliphatic rings. The van der Waals surface area contributed by atoms with Gasteiger partial charge < -0.3 is 46.1 Å². The van der Waals surface area contributed by atoms with Crippen molar-refractivity contribution in [2.75, 3.05) is 7.11 Å². The highest BCUT2D eigenvalue weighted by Crippen LogP contribution is 2.52. The number of carbonyl (C=O) groups excluding carboxylic acids is 3. The Kier molecular flexibility index (Phi) is 7.45. The Morgan fingerprint density at radius 3 is 2.50 bits per heavy atom. The smallest absolute Gasteiger partial charge is 0.332 e. The molecule has 2 aromatic rings. The van der Waals surface area contributed by atoms with E-state index >= 15 is 0 Å². The zero-order valence-electron chi connectivity index (χ0n) is 23.1. The van der Waals surface area contributed by atoms with Crippen LogP contribution in [0, 0.1) is 0 Å². The number of phenolic OH excluding ortho intramolecular Hbond substituents is 2. The van der Waals surface area contributed by atoms with Crippen LogP contribution in [0.15, 0.2) is 23.3 Å². The molecule has 224 valence electrons. The fourth-order valence-corrected chi connectivity index (χ4v) is 5.91. The molecule has 0 radical (unpaired) electrons. The molecule has 1 fully saturated rings. The molecular formula is C28H32N4O10. The number of nitrogens with two attached hydrogens (primary N) is 2. The lowest BCUT2D eigenvalue weighted by molar-refractivity contribution is -0.245. The van der Waals surface area contributed by atoms with Crippen LogP contribution in [0.5, 0.6) is 17.2 Å². The Morgan fingerprint density at radius 2 is 1.86 bits per heavy atom. The minimum Gasteiger partial charge on any atom is -0.507 e. The van der Waals surface area contributed by atoms with E-state index in [1.165, 1.54) is 32.2 Å². The molecule has 6 atom stereocenters. The van der Waals surface area contributed by atoms with E-state index in [2.05, 4.69) is 5.10 Å². The van der Waals surface area contributed by atoms with Gasteiger partial charge in [0, 0.05) is 42.0 Å². The number of aromatic hydroxyl groups is 2. The summed E-state index contributed by atoms with van der Waals surface area (Å²) >= 11 is 0. The van der Waals surface area contributed by atoms with Crippen molar-refractivity contribution in [2.45, 2.75) is 69.4 Å². The fourth-order valence-electron chi connectivity index (χ4n) is 5.91. The summed E-state index contributed by atoms with van der Waals surface area (Å²) in [4.78, 5) is 38.7. The maximum atomic E-state index is 13.8. The van der Waals surface area contributed by atoms with Gasteiger partial charge in [-0.1, -0.05) is 12.1 Å². The first-order valence-electron chi connectivity index (χ1n) is 13.2. The number of ketones is 2. The zero-order valence-corrected chi connectivity index (χ0v) is 23.1. The molecule has 1 saturated heterocycles. The first-order valence-corrected chi connectivity index (χ1v) is 13.2. The van der Waals surface area contributed by atoms with Gasteiger partial charge in [-0.15, -0.1) is 0 Å². The summed E-state index contributed by atoms with van der Waals surface area (Å²) in [7, 11) is 1.33. The minimum atomic E-state index is -1.89. The number of primary amides is 1. The molecule has 2 amide bonds. The molecule has 0 spiro atoms. The predicted molar refractivity (Wildman–Crippen MR) is 145 cm³/mol. The number of hydrazone groups is 1. The van der Waals surface area contributed by atoms with Crippen molar-refractivity contribution in [2.24, 2.45) is 16.6 Å². The predicted octanol–water partition coefficient (Wildman–Crippen LogP) is 0.484. The highest BCUT2D eigenvalue weighted by molar-refractivity contribution is 6.31. The third kappa shape index (κ3) is 4.66. The summed E-state index contributed by atoms with van der Waals surface area (Å²) in [6, 6.07) is 2.73. The summed E-state index contributed by atoms with van der Waals surface area (Å²) in [5, 5.41) is 48.9. The van der Waals surface area contributed by atoms with Gasteiger partial charge in [-0.05, 0) is 19.9 Å². The number of rotatable bonds is 5. The Morgan fingerprint density at radius 1 is 1.17 bits per heavy atom.